The number of hydrogen-bond acceptors (Lipinski definition) is 0. The topological polar surface area (TPSA) is 0 Å². The summed E-state index contributed by atoms with van der Waals surface area (Å²) in [7, 11) is 0. The first-order valence-electron chi connectivity index (χ1n) is 9.14. The lowest BCUT2D eigenvalue weighted by Gasteiger charge is -2.39. The highest BCUT2D eigenvalue weighted by Gasteiger charge is 2.32. The first-order chi connectivity index (χ1) is 9.14. The third-order valence-corrected chi connectivity index (χ3v) is 6.52. The number of hydrogen-bond donors (Lipinski definition) is 0. The quantitative estimate of drug-likeness (QED) is 0.431. The average molecular weight is 283 g/mol. The molecule has 6 unspecified atom stereocenters. The van der Waals surface area contributed by atoms with E-state index in [-0.39, 0.29) is 0 Å². The molecule has 20 heavy (non-hydrogen) atoms. The van der Waals surface area contributed by atoms with E-state index in [0.717, 1.165) is 47.3 Å². The molecule has 6 atom stereocenters. The third kappa shape index (κ3) is 5.41. The molecule has 0 heterocycles. The van der Waals surface area contributed by atoms with Gasteiger partial charge in [-0.1, -0.05) is 82.1 Å². The van der Waals surface area contributed by atoms with E-state index in [2.05, 4.69) is 69.2 Å². The maximum atomic E-state index is 2.51. The van der Waals surface area contributed by atoms with Crippen molar-refractivity contribution in [2.45, 2.75) is 82.1 Å². The summed E-state index contributed by atoms with van der Waals surface area (Å²) in [5.41, 5.74) is 0. The molecule has 0 heteroatoms. The molecule has 0 bridgehead atoms. The molecule has 0 aromatic rings. The van der Waals surface area contributed by atoms with Crippen LogP contribution >= 0.6 is 0 Å². The average Bonchev–Trinajstić information content (AvgIpc) is 2.40. The van der Waals surface area contributed by atoms with Crippen LogP contribution in [0.1, 0.15) is 82.1 Å². The maximum absolute atomic E-state index is 2.51. The van der Waals surface area contributed by atoms with Gasteiger partial charge in [0.05, 0.1) is 0 Å². The van der Waals surface area contributed by atoms with E-state index in [1.165, 1.54) is 12.8 Å². The summed E-state index contributed by atoms with van der Waals surface area (Å²) in [4.78, 5) is 0. The maximum Gasteiger partial charge on any atom is -0.0363 e. The Kier molecular flexibility index (Phi) is 9.11. The third-order valence-electron chi connectivity index (χ3n) is 6.52. The van der Waals surface area contributed by atoms with E-state index in [1.807, 2.05) is 0 Å². The second-order valence-electron chi connectivity index (χ2n) is 8.24. The van der Waals surface area contributed by atoms with Gasteiger partial charge in [0.15, 0.2) is 0 Å². The minimum atomic E-state index is 0.798. The van der Waals surface area contributed by atoms with E-state index < -0.39 is 0 Å². The van der Waals surface area contributed by atoms with E-state index in [4.69, 9.17) is 0 Å². The number of rotatable bonds is 9. The van der Waals surface area contributed by atoms with E-state index in [1.54, 1.807) is 0 Å². The summed E-state index contributed by atoms with van der Waals surface area (Å²) < 4.78 is 0. The van der Waals surface area contributed by atoms with Gasteiger partial charge in [-0.15, -0.1) is 0 Å². The molecule has 0 saturated carbocycles. The van der Waals surface area contributed by atoms with Crippen LogP contribution in [0.5, 0.6) is 0 Å². The molecule has 0 aliphatic rings. The second-order valence-corrected chi connectivity index (χ2v) is 8.24. The zero-order valence-electron chi connectivity index (χ0n) is 16.0. The fourth-order valence-corrected chi connectivity index (χ4v) is 3.97. The van der Waals surface area contributed by atoms with Gasteiger partial charge in [0, 0.05) is 0 Å². The van der Waals surface area contributed by atoms with Crippen LogP contribution in [0.2, 0.25) is 0 Å². The van der Waals surface area contributed by atoms with Gasteiger partial charge in [-0.3, -0.25) is 0 Å². The van der Waals surface area contributed by atoms with E-state index >= 15 is 0 Å². The molecule has 0 amide bonds. The largest absolute Gasteiger partial charge is 0.0654 e. The molecular formula is C20H42. The van der Waals surface area contributed by atoms with Crippen molar-refractivity contribution in [3.8, 4) is 0 Å². The van der Waals surface area contributed by atoms with Gasteiger partial charge in [0.1, 0.15) is 0 Å². The normalized spacial score (nSPS) is 21.6. The highest BCUT2D eigenvalue weighted by Crippen LogP contribution is 2.39. The van der Waals surface area contributed by atoms with Crippen LogP contribution in [-0.4, -0.2) is 0 Å². The first-order valence-corrected chi connectivity index (χ1v) is 9.14. The molecule has 0 N–H and O–H groups in total. The molecule has 122 valence electrons. The lowest BCUT2D eigenvalue weighted by atomic mass is 9.66. The van der Waals surface area contributed by atoms with Crippen molar-refractivity contribution in [2.24, 2.45) is 47.3 Å². The van der Waals surface area contributed by atoms with Crippen molar-refractivity contribution < 1.29 is 0 Å². The van der Waals surface area contributed by atoms with Gasteiger partial charge in [-0.25, -0.2) is 0 Å². The van der Waals surface area contributed by atoms with Gasteiger partial charge < -0.3 is 0 Å². The summed E-state index contributed by atoms with van der Waals surface area (Å²) >= 11 is 0. The molecule has 0 nitrogen and oxygen atoms in total. The monoisotopic (exact) mass is 282 g/mol. The molecule has 0 fully saturated rings. The van der Waals surface area contributed by atoms with E-state index in [0.29, 0.717) is 0 Å². The van der Waals surface area contributed by atoms with Crippen LogP contribution in [0, 0.1) is 47.3 Å². The molecule has 0 aromatic heterocycles. The van der Waals surface area contributed by atoms with Crippen LogP contribution in [0.3, 0.4) is 0 Å². The predicted molar refractivity (Wildman–Crippen MR) is 93.9 cm³/mol. The zero-order chi connectivity index (χ0) is 16.0. The Bertz CT molecular complexity index is 240. The molecule has 0 saturated heterocycles. The molecule has 0 radical (unpaired) electrons. The summed E-state index contributed by atoms with van der Waals surface area (Å²) in [6.45, 7) is 24.3. The molecule has 0 rings (SSSR count). The van der Waals surface area contributed by atoms with Gasteiger partial charge >= 0.3 is 0 Å². The Morgan fingerprint density at radius 1 is 0.500 bits per heavy atom. The van der Waals surface area contributed by atoms with Crippen molar-refractivity contribution in [1.29, 1.82) is 0 Å². The Morgan fingerprint density at radius 2 is 0.900 bits per heavy atom. The smallest absolute Gasteiger partial charge is 0.0363 e. The van der Waals surface area contributed by atoms with Gasteiger partial charge in [0.2, 0.25) is 0 Å². The van der Waals surface area contributed by atoms with Crippen LogP contribution in [0.4, 0.5) is 0 Å². The molecular weight excluding hydrogens is 240 g/mol. The molecule has 0 aliphatic carbocycles. The van der Waals surface area contributed by atoms with Crippen LogP contribution < -0.4 is 0 Å². The second kappa shape index (κ2) is 9.11. The fraction of sp³-hybridized carbons (Fsp3) is 1.00. The Balaban J connectivity index is 4.80. The Hall–Kier alpha value is 0. The van der Waals surface area contributed by atoms with Crippen LogP contribution in [0.25, 0.3) is 0 Å². The Morgan fingerprint density at radius 3 is 1.25 bits per heavy atom. The summed E-state index contributed by atoms with van der Waals surface area (Å²) in [6, 6.07) is 0. The van der Waals surface area contributed by atoms with Crippen molar-refractivity contribution in [1.82, 2.24) is 0 Å². The zero-order valence-corrected chi connectivity index (χ0v) is 16.0. The Labute approximate surface area is 130 Å². The van der Waals surface area contributed by atoms with Crippen molar-refractivity contribution >= 4 is 0 Å². The van der Waals surface area contributed by atoms with Crippen LogP contribution in [0.15, 0.2) is 0 Å². The highest BCUT2D eigenvalue weighted by molar-refractivity contribution is 4.81. The van der Waals surface area contributed by atoms with Gasteiger partial charge in [-0.2, -0.15) is 0 Å². The summed E-state index contributed by atoms with van der Waals surface area (Å²) in [6.07, 6.45) is 2.72. The van der Waals surface area contributed by atoms with E-state index in [9.17, 15) is 0 Å². The van der Waals surface area contributed by atoms with Crippen molar-refractivity contribution in [3.63, 3.8) is 0 Å². The highest BCUT2D eigenvalue weighted by atomic mass is 14.4. The van der Waals surface area contributed by atoms with Gasteiger partial charge in [-0.05, 0) is 47.3 Å². The fourth-order valence-electron chi connectivity index (χ4n) is 3.97. The summed E-state index contributed by atoms with van der Waals surface area (Å²) in [5.74, 6) is 6.63. The minimum Gasteiger partial charge on any atom is -0.0654 e. The molecule has 0 aromatic carbocycles. The first kappa shape index (κ1) is 20.0. The lowest BCUT2D eigenvalue weighted by Crippen LogP contribution is -2.32. The SMILES string of the molecule is CCCC(C(C)C)C(C)C(C)C(C)C(C)C(C)C(C)C. The van der Waals surface area contributed by atoms with Crippen molar-refractivity contribution in [2.75, 3.05) is 0 Å². The van der Waals surface area contributed by atoms with Crippen LogP contribution in [-0.2, 0) is 0 Å². The molecule has 0 aliphatic heterocycles. The molecule has 0 spiro atoms. The van der Waals surface area contributed by atoms with Crippen molar-refractivity contribution in [3.05, 3.63) is 0 Å². The lowest BCUT2D eigenvalue weighted by molar-refractivity contribution is 0.0977. The summed E-state index contributed by atoms with van der Waals surface area (Å²) in [5, 5.41) is 0. The standard InChI is InChI=1S/C20H42/c1-11-12-20(14(4)5)19(10)18(9)17(8)16(7)15(6)13(2)3/h13-20H,11-12H2,1-10H3. The van der Waals surface area contributed by atoms with Gasteiger partial charge in [0.25, 0.3) is 0 Å². The predicted octanol–water partition coefficient (Wildman–Crippen LogP) is 6.90. The minimum absolute atomic E-state index is 0.798.